The maximum absolute atomic E-state index is 10.9. The van der Waals surface area contributed by atoms with Crippen LogP contribution in [0.15, 0.2) is 24.3 Å². The lowest BCUT2D eigenvalue weighted by molar-refractivity contribution is -0.673. The van der Waals surface area contributed by atoms with E-state index >= 15 is 0 Å². The average molecular weight is 347 g/mol. The molecule has 0 spiro atoms. The Morgan fingerprint density at radius 2 is 2.09 bits per heavy atom. The lowest BCUT2D eigenvalue weighted by Gasteiger charge is -2.10. The molecule has 0 fully saturated rings. The summed E-state index contributed by atoms with van der Waals surface area (Å²) in [5.41, 5.74) is 3.49. The number of nitrogens with zero attached hydrogens (tertiary/aromatic N) is 1. The summed E-state index contributed by atoms with van der Waals surface area (Å²) >= 11 is 3.39. The molecule has 1 aromatic carbocycles. The molecule has 23 heavy (non-hydrogen) atoms. The Kier molecular flexibility index (Phi) is 5.05. The van der Waals surface area contributed by atoms with Gasteiger partial charge in [-0.2, -0.15) is 0 Å². The molecule has 1 amide bonds. The van der Waals surface area contributed by atoms with Gasteiger partial charge in [0.15, 0.2) is 0 Å². The molecule has 4 rings (SSSR count). The summed E-state index contributed by atoms with van der Waals surface area (Å²) in [4.78, 5) is 17.1. The molecule has 3 heterocycles. The van der Waals surface area contributed by atoms with E-state index in [9.17, 15) is 4.79 Å². The van der Waals surface area contributed by atoms with E-state index in [0.29, 0.717) is 0 Å². The van der Waals surface area contributed by atoms with Crippen molar-refractivity contribution in [1.29, 1.82) is 0 Å². The predicted molar refractivity (Wildman–Crippen MR) is 98.2 cm³/mol. The summed E-state index contributed by atoms with van der Waals surface area (Å²) in [5, 5.41) is 7.13. The minimum absolute atomic E-state index is 0.762. The van der Waals surface area contributed by atoms with Gasteiger partial charge in [-0.15, -0.1) is 22.7 Å². The lowest BCUT2D eigenvalue weighted by atomic mass is 10.1. The van der Waals surface area contributed by atoms with Crippen LogP contribution in [0.5, 0.6) is 0 Å². The maximum Gasteiger partial charge on any atom is 0.212 e. The number of hydrogen-bond acceptors (Lipinski definition) is 4. The van der Waals surface area contributed by atoms with Gasteiger partial charge in [-0.1, -0.05) is 26.0 Å². The minimum Gasteiger partial charge on any atom is -0.342 e. The summed E-state index contributed by atoms with van der Waals surface area (Å²) in [6, 6.07) is 8.17. The number of thiazole rings is 1. The van der Waals surface area contributed by atoms with Crippen LogP contribution in [0.3, 0.4) is 0 Å². The van der Waals surface area contributed by atoms with E-state index in [-0.39, 0.29) is 0 Å². The van der Waals surface area contributed by atoms with Crippen molar-refractivity contribution in [3.05, 3.63) is 34.7 Å². The number of anilines is 1. The first kappa shape index (κ1) is 16.1. The molecule has 0 radical (unpaired) electrons. The Hall–Kier alpha value is -1.76. The summed E-state index contributed by atoms with van der Waals surface area (Å²) in [7, 11) is 0. The van der Waals surface area contributed by atoms with E-state index in [2.05, 4.69) is 16.7 Å². The number of carbonyl (C=O) groups excluding carboxylic acids is 1. The Balaban J connectivity index is 0.000000753. The van der Waals surface area contributed by atoms with Crippen molar-refractivity contribution in [3.8, 4) is 10.6 Å². The van der Waals surface area contributed by atoms with Crippen LogP contribution in [0, 0.1) is 0 Å². The molecular weight excluding hydrogens is 326 g/mol. The average Bonchev–Trinajstić information content (AvgIpc) is 3.17. The maximum atomic E-state index is 10.9. The van der Waals surface area contributed by atoms with E-state index < -0.39 is 0 Å². The number of hydrogen-bond donors (Lipinski definition) is 2. The van der Waals surface area contributed by atoms with Crippen molar-refractivity contribution in [3.63, 3.8) is 0 Å². The molecule has 3 N–H and O–H groups in total. The smallest absolute Gasteiger partial charge is 0.212 e. The minimum atomic E-state index is 0.762. The van der Waals surface area contributed by atoms with Crippen LogP contribution in [-0.2, 0) is 17.8 Å². The SMILES string of the molecule is CC.O=CNc1sc2c(c1-c1nc3ccccc3s1)C[NH2+]CC2. The highest BCUT2D eigenvalue weighted by Crippen LogP contribution is 2.43. The monoisotopic (exact) mass is 346 g/mol. The van der Waals surface area contributed by atoms with E-state index in [0.717, 1.165) is 47.0 Å². The summed E-state index contributed by atoms with van der Waals surface area (Å²) < 4.78 is 1.18. The molecule has 0 saturated carbocycles. The molecule has 0 unspecified atom stereocenters. The zero-order valence-corrected chi connectivity index (χ0v) is 14.9. The van der Waals surface area contributed by atoms with E-state index in [1.165, 1.54) is 15.1 Å². The summed E-state index contributed by atoms with van der Waals surface area (Å²) in [6.07, 6.45) is 1.83. The Morgan fingerprint density at radius 3 is 2.87 bits per heavy atom. The highest BCUT2D eigenvalue weighted by Gasteiger charge is 2.25. The second kappa shape index (κ2) is 7.21. The van der Waals surface area contributed by atoms with Crippen molar-refractivity contribution in [2.45, 2.75) is 26.8 Å². The number of carbonyl (C=O) groups is 1. The molecule has 2 aromatic heterocycles. The van der Waals surface area contributed by atoms with Crippen molar-refractivity contribution >= 4 is 44.3 Å². The third kappa shape index (κ3) is 3.02. The number of benzene rings is 1. The fourth-order valence-electron chi connectivity index (χ4n) is 2.77. The number of quaternary nitrogens is 1. The van der Waals surface area contributed by atoms with Crippen molar-refractivity contribution in [2.24, 2.45) is 0 Å². The highest BCUT2D eigenvalue weighted by molar-refractivity contribution is 7.22. The third-order valence-electron chi connectivity index (χ3n) is 3.71. The first-order chi connectivity index (χ1) is 11.4. The number of amides is 1. The molecule has 0 aliphatic carbocycles. The second-order valence-corrected chi connectivity index (χ2v) is 7.12. The van der Waals surface area contributed by atoms with E-state index in [1.807, 2.05) is 32.0 Å². The predicted octanol–water partition coefficient (Wildman–Crippen LogP) is 3.24. The Labute approximate surface area is 143 Å². The number of para-hydroxylation sites is 1. The number of rotatable bonds is 3. The second-order valence-electron chi connectivity index (χ2n) is 4.99. The van der Waals surface area contributed by atoms with Crippen LogP contribution in [-0.4, -0.2) is 17.9 Å². The van der Waals surface area contributed by atoms with Gasteiger partial charge in [0.05, 0.1) is 22.3 Å². The molecule has 0 atom stereocenters. The molecule has 0 saturated heterocycles. The van der Waals surface area contributed by atoms with Gasteiger partial charge in [0.1, 0.15) is 16.6 Å². The molecule has 1 aliphatic rings. The van der Waals surface area contributed by atoms with Crippen molar-refractivity contribution in [1.82, 2.24) is 4.98 Å². The van der Waals surface area contributed by atoms with Gasteiger partial charge in [0, 0.05) is 16.9 Å². The number of nitrogens with one attached hydrogen (secondary N) is 1. The van der Waals surface area contributed by atoms with Crippen molar-refractivity contribution < 1.29 is 10.1 Å². The molecule has 6 heteroatoms. The van der Waals surface area contributed by atoms with Gasteiger partial charge >= 0.3 is 0 Å². The normalized spacial score (nSPS) is 13.1. The molecule has 120 valence electrons. The van der Waals surface area contributed by atoms with E-state index in [1.54, 1.807) is 22.7 Å². The zero-order chi connectivity index (χ0) is 16.2. The van der Waals surface area contributed by atoms with Crippen LogP contribution in [0.2, 0.25) is 0 Å². The first-order valence-corrected chi connectivity index (χ1v) is 9.52. The van der Waals surface area contributed by atoms with Gasteiger partial charge < -0.3 is 10.6 Å². The number of nitrogens with two attached hydrogens (primary N) is 1. The fourth-order valence-corrected chi connectivity index (χ4v) is 5.08. The number of fused-ring (bicyclic) bond motifs is 2. The molecule has 4 nitrogen and oxygen atoms in total. The summed E-state index contributed by atoms with van der Waals surface area (Å²) in [6.45, 7) is 6.09. The first-order valence-electron chi connectivity index (χ1n) is 7.89. The van der Waals surface area contributed by atoms with Gasteiger partial charge in [-0.25, -0.2) is 4.98 Å². The van der Waals surface area contributed by atoms with Crippen LogP contribution in [0.25, 0.3) is 20.8 Å². The quantitative estimate of drug-likeness (QED) is 0.715. The van der Waals surface area contributed by atoms with Crippen LogP contribution in [0.1, 0.15) is 24.3 Å². The Morgan fingerprint density at radius 1 is 1.26 bits per heavy atom. The van der Waals surface area contributed by atoms with Crippen LogP contribution >= 0.6 is 22.7 Å². The van der Waals surface area contributed by atoms with E-state index in [4.69, 9.17) is 4.98 Å². The van der Waals surface area contributed by atoms with Gasteiger partial charge in [-0.3, -0.25) is 4.79 Å². The lowest BCUT2D eigenvalue weighted by Crippen LogP contribution is -2.84. The van der Waals surface area contributed by atoms with Crippen LogP contribution < -0.4 is 10.6 Å². The van der Waals surface area contributed by atoms with Gasteiger partial charge in [-0.05, 0) is 12.1 Å². The number of aromatic nitrogens is 1. The molecule has 3 aromatic rings. The Bertz CT molecular complexity index is 789. The largest absolute Gasteiger partial charge is 0.342 e. The molecular formula is C17H20N3OS2+. The van der Waals surface area contributed by atoms with Gasteiger partial charge in [0.2, 0.25) is 6.41 Å². The highest BCUT2D eigenvalue weighted by atomic mass is 32.1. The summed E-state index contributed by atoms with van der Waals surface area (Å²) in [5.74, 6) is 0. The standard InChI is InChI=1S/C15H13N3OS2.C2H6/c19-8-17-14-13(9-7-16-6-5-11(9)20-14)15-18-10-3-1-2-4-12(10)21-15;1-2/h1-4,8,16H,5-7H2,(H,17,19);1-2H3/p+1. The van der Waals surface area contributed by atoms with Gasteiger partial charge in [0.25, 0.3) is 0 Å². The third-order valence-corrected chi connectivity index (χ3v) is 5.99. The fraction of sp³-hybridized carbons (Fsp3) is 0.294. The topological polar surface area (TPSA) is 58.6 Å². The molecule has 0 bridgehead atoms. The van der Waals surface area contributed by atoms with Crippen molar-refractivity contribution in [2.75, 3.05) is 11.9 Å². The molecule has 1 aliphatic heterocycles. The number of thiophene rings is 1. The zero-order valence-electron chi connectivity index (χ0n) is 13.3. The van der Waals surface area contributed by atoms with Crippen LogP contribution in [0.4, 0.5) is 5.00 Å².